The average Bonchev–Trinajstić information content (AvgIpc) is 2.57. The molecule has 1 aromatic heterocycles. The second-order valence-electron chi connectivity index (χ2n) is 5.06. The maximum absolute atomic E-state index is 12.7. The number of fused-ring (bicyclic) bond motifs is 1. The van der Waals surface area contributed by atoms with Crippen molar-refractivity contribution < 1.29 is 4.79 Å². The van der Waals surface area contributed by atoms with Gasteiger partial charge in [0.1, 0.15) is 0 Å². The standard InChI is InChI=1S/C16H17BrN4O2S/c1-2-8-21-15(23)12-9-11(17)4-5-13(12)20-16(21)24-10-14(22)19-7-3-6-18/h4-5,9H,2-3,7-8,10H2,1H3,(H,19,22). The molecule has 6 nitrogen and oxygen atoms in total. The van der Waals surface area contributed by atoms with Crippen LogP contribution < -0.4 is 10.9 Å². The van der Waals surface area contributed by atoms with E-state index in [1.807, 2.05) is 19.1 Å². The van der Waals surface area contributed by atoms with Gasteiger partial charge >= 0.3 is 0 Å². The molecule has 0 aliphatic rings. The normalized spacial score (nSPS) is 10.5. The summed E-state index contributed by atoms with van der Waals surface area (Å²) in [7, 11) is 0. The van der Waals surface area contributed by atoms with Crippen molar-refractivity contribution in [2.24, 2.45) is 0 Å². The minimum absolute atomic E-state index is 0.101. The molecular formula is C16H17BrN4O2S. The van der Waals surface area contributed by atoms with Gasteiger partial charge in [0.2, 0.25) is 5.91 Å². The molecule has 1 amide bonds. The highest BCUT2D eigenvalue weighted by atomic mass is 79.9. The van der Waals surface area contributed by atoms with E-state index >= 15 is 0 Å². The number of carbonyl (C=O) groups excluding carboxylic acids is 1. The van der Waals surface area contributed by atoms with Gasteiger partial charge in [-0.05, 0) is 24.6 Å². The predicted octanol–water partition coefficient (Wildman–Crippen LogP) is 2.69. The number of aromatic nitrogens is 2. The summed E-state index contributed by atoms with van der Waals surface area (Å²) in [6.45, 7) is 2.87. The number of nitrogens with zero attached hydrogens (tertiary/aromatic N) is 3. The Hall–Kier alpha value is -1.85. The van der Waals surface area contributed by atoms with E-state index in [1.54, 1.807) is 16.7 Å². The van der Waals surface area contributed by atoms with Crippen LogP contribution in [0.3, 0.4) is 0 Å². The monoisotopic (exact) mass is 408 g/mol. The number of benzene rings is 1. The second-order valence-corrected chi connectivity index (χ2v) is 6.92. The number of nitrogens with one attached hydrogen (secondary N) is 1. The van der Waals surface area contributed by atoms with Crippen LogP contribution in [0.1, 0.15) is 19.8 Å². The summed E-state index contributed by atoms with van der Waals surface area (Å²) in [5, 5.41) is 12.2. The second kappa shape index (κ2) is 8.85. The van der Waals surface area contributed by atoms with Crippen molar-refractivity contribution in [3.63, 3.8) is 0 Å². The number of hydrogen-bond donors (Lipinski definition) is 1. The van der Waals surface area contributed by atoms with Gasteiger partial charge in [-0.2, -0.15) is 5.26 Å². The smallest absolute Gasteiger partial charge is 0.262 e. The zero-order valence-electron chi connectivity index (χ0n) is 13.2. The highest BCUT2D eigenvalue weighted by Crippen LogP contribution is 2.20. The predicted molar refractivity (Wildman–Crippen MR) is 98.0 cm³/mol. The molecule has 8 heteroatoms. The lowest BCUT2D eigenvalue weighted by molar-refractivity contribution is -0.118. The Kier molecular flexibility index (Phi) is 6.82. The molecule has 24 heavy (non-hydrogen) atoms. The Balaban J connectivity index is 2.27. The van der Waals surface area contributed by atoms with E-state index in [4.69, 9.17) is 5.26 Å². The Labute approximate surface area is 152 Å². The van der Waals surface area contributed by atoms with Gasteiger partial charge in [0.05, 0.1) is 29.1 Å². The van der Waals surface area contributed by atoms with Crippen LogP contribution in [0.2, 0.25) is 0 Å². The molecule has 0 unspecified atom stereocenters. The van der Waals surface area contributed by atoms with Crippen molar-refractivity contribution in [2.45, 2.75) is 31.5 Å². The number of rotatable bonds is 7. The molecule has 0 spiro atoms. The van der Waals surface area contributed by atoms with E-state index < -0.39 is 0 Å². The maximum atomic E-state index is 12.7. The summed E-state index contributed by atoms with van der Waals surface area (Å²) >= 11 is 4.60. The number of amides is 1. The molecule has 0 saturated heterocycles. The van der Waals surface area contributed by atoms with Crippen LogP contribution >= 0.6 is 27.7 Å². The highest BCUT2D eigenvalue weighted by molar-refractivity contribution is 9.10. The fraction of sp³-hybridized carbons (Fsp3) is 0.375. The third-order valence-electron chi connectivity index (χ3n) is 3.22. The van der Waals surface area contributed by atoms with Crippen molar-refractivity contribution in [2.75, 3.05) is 12.3 Å². The molecule has 0 bridgehead atoms. The third kappa shape index (κ3) is 4.58. The number of hydrogen-bond acceptors (Lipinski definition) is 5. The van der Waals surface area contributed by atoms with Gasteiger partial charge in [-0.1, -0.05) is 34.6 Å². The Morgan fingerprint density at radius 1 is 1.50 bits per heavy atom. The summed E-state index contributed by atoms with van der Waals surface area (Å²) in [6.07, 6.45) is 1.07. The highest BCUT2D eigenvalue weighted by Gasteiger charge is 2.13. The number of carbonyl (C=O) groups is 1. The minimum atomic E-state index is -0.177. The first kappa shape index (κ1) is 18.5. The summed E-state index contributed by atoms with van der Waals surface area (Å²) < 4.78 is 2.44. The van der Waals surface area contributed by atoms with E-state index in [2.05, 4.69) is 26.2 Å². The largest absolute Gasteiger partial charge is 0.354 e. The van der Waals surface area contributed by atoms with Crippen LogP contribution in [-0.4, -0.2) is 27.8 Å². The van der Waals surface area contributed by atoms with Crippen molar-refractivity contribution in [1.29, 1.82) is 5.26 Å². The van der Waals surface area contributed by atoms with Gasteiger partial charge < -0.3 is 5.32 Å². The van der Waals surface area contributed by atoms with Gasteiger partial charge in [-0.25, -0.2) is 4.98 Å². The fourth-order valence-corrected chi connectivity index (χ4v) is 3.36. The van der Waals surface area contributed by atoms with Crippen LogP contribution in [0.25, 0.3) is 10.9 Å². The zero-order chi connectivity index (χ0) is 17.5. The zero-order valence-corrected chi connectivity index (χ0v) is 15.6. The Morgan fingerprint density at radius 3 is 3.00 bits per heavy atom. The molecule has 0 aliphatic carbocycles. The van der Waals surface area contributed by atoms with E-state index in [0.717, 1.165) is 10.9 Å². The molecule has 0 atom stereocenters. The summed E-state index contributed by atoms with van der Waals surface area (Å²) in [5.41, 5.74) is 0.512. The molecule has 1 N–H and O–H groups in total. The topological polar surface area (TPSA) is 87.8 Å². The van der Waals surface area contributed by atoms with Gasteiger partial charge in [-0.3, -0.25) is 14.2 Å². The SMILES string of the molecule is CCCn1c(SCC(=O)NCCC#N)nc2ccc(Br)cc2c1=O. The first-order chi connectivity index (χ1) is 11.6. The summed E-state index contributed by atoms with van der Waals surface area (Å²) in [6, 6.07) is 7.36. The molecule has 126 valence electrons. The number of nitriles is 1. The molecule has 0 radical (unpaired) electrons. The fourth-order valence-electron chi connectivity index (χ4n) is 2.14. The maximum Gasteiger partial charge on any atom is 0.262 e. The van der Waals surface area contributed by atoms with Gasteiger partial charge in [-0.15, -0.1) is 0 Å². The Bertz CT molecular complexity index is 844. The number of halogens is 1. The van der Waals surface area contributed by atoms with Crippen molar-refractivity contribution in [3.05, 3.63) is 33.0 Å². The third-order valence-corrected chi connectivity index (χ3v) is 4.69. The van der Waals surface area contributed by atoms with E-state index in [1.165, 1.54) is 11.8 Å². The molecule has 0 fully saturated rings. The first-order valence-electron chi connectivity index (χ1n) is 7.53. The molecule has 0 saturated carbocycles. The molecule has 1 aromatic carbocycles. The van der Waals surface area contributed by atoms with Crippen molar-refractivity contribution >= 4 is 44.5 Å². The lowest BCUT2D eigenvalue weighted by Crippen LogP contribution is -2.27. The van der Waals surface area contributed by atoms with Gasteiger partial charge in [0, 0.05) is 17.6 Å². The Morgan fingerprint density at radius 2 is 2.29 bits per heavy atom. The first-order valence-corrected chi connectivity index (χ1v) is 9.31. The van der Waals surface area contributed by atoms with Crippen molar-refractivity contribution in [3.8, 4) is 6.07 Å². The summed E-state index contributed by atoms with van der Waals surface area (Å²) in [4.78, 5) is 29.0. The van der Waals surface area contributed by atoms with Crippen LogP contribution in [0, 0.1) is 11.3 Å². The van der Waals surface area contributed by atoms with E-state index in [9.17, 15) is 9.59 Å². The minimum Gasteiger partial charge on any atom is -0.354 e. The van der Waals surface area contributed by atoms with Crippen LogP contribution in [0.15, 0.2) is 32.6 Å². The van der Waals surface area contributed by atoms with Gasteiger partial charge in [0.15, 0.2) is 5.16 Å². The van der Waals surface area contributed by atoms with E-state index in [0.29, 0.717) is 29.1 Å². The molecule has 2 aromatic rings. The van der Waals surface area contributed by atoms with Crippen LogP contribution in [0.4, 0.5) is 0 Å². The molecule has 2 rings (SSSR count). The van der Waals surface area contributed by atoms with Gasteiger partial charge in [0.25, 0.3) is 5.56 Å². The quantitative estimate of drug-likeness (QED) is 0.432. The average molecular weight is 409 g/mol. The lowest BCUT2D eigenvalue weighted by atomic mass is 10.2. The lowest BCUT2D eigenvalue weighted by Gasteiger charge is -2.12. The summed E-state index contributed by atoms with van der Waals surface area (Å²) in [5.74, 6) is -0.0210. The molecular weight excluding hydrogens is 392 g/mol. The van der Waals surface area contributed by atoms with Crippen LogP contribution in [0.5, 0.6) is 0 Å². The molecule has 1 heterocycles. The van der Waals surface area contributed by atoms with E-state index in [-0.39, 0.29) is 23.6 Å². The molecule has 0 aliphatic heterocycles. The van der Waals surface area contributed by atoms with Crippen molar-refractivity contribution in [1.82, 2.24) is 14.9 Å². The van der Waals surface area contributed by atoms with Crippen LogP contribution in [-0.2, 0) is 11.3 Å². The number of thioether (sulfide) groups is 1.